The molecule has 6 heteroatoms. The highest BCUT2D eigenvalue weighted by molar-refractivity contribution is 5.71. The Morgan fingerprint density at radius 1 is 0.242 bits per heavy atom. The number of unbranched alkanes of at least 4 members (excludes halogenated alkanes) is 45. The molecule has 0 N–H and O–H groups in total. The van der Waals surface area contributed by atoms with Crippen molar-refractivity contribution in [1.29, 1.82) is 0 Å². The topological polar surface area (TPSA) is 78.9 Å². The minimum Gasteiger partial charge on any atom is -0.462 e. The van der Waals surface area contributed by atoms with E-state index in [0.717, 1.165) is 57.8 Å². The lowest BCUT2D eigenvalue weighted by molar-refractivity contribution is -0.167. The molecule has 0 aromatic heterocycles. The van der Waals surface area contributed by atoms with Crippen LogP contribution in [0.25, 0.3) is 0 Å². The first-order valence-corrected chi connectivity index (χ1v) is 30.0. The molecule has 392 valence electrons. The third kappa shape index (κ3) is 53.4. The molecule has 0 aliphatic heterocycles. The summed E-state index contributed by atoms with van der Waals surface area (Å²) < 4.78 is 16.7. The van der Waals surface area contributed by atoms with Crippen LogP contribution >= 0.6 is 0 Å². The Morgan fingerprint density at radius 3 is 0.606 bits per heavy atom. The maximum atomic E-state index is 12.7. The first kappa shape index (κ1) is 64.4. The normalized spacial score (nSPS) is 11.9. The third-order valence-corrected chi connectivity index (χ3v) is 13.9. The number of carbonyl (C=O) groups is 3. The Hall–Kier alpha value is -1.59. The average molecular weight is 934 g/mol. The maximum Gasteiger partial charge on any atom is 0.306 e. The smallest absolute Gasteiger partial charge is 0.306 e. The van der Waals surface area contributed by atoms with Gasteiger partial charge < -0.3 is 14.2 Å². The maximum absolute atomic E-state index is 12.7. The number of hydrogen-bond donors (Lipinski definition) is 0. The summed E-state index contributed by atoms with van der Waals surface area (Å²) >= 11 is 0. The molecule has 0 bridgehead atoms. The molecule has 0 aliphatic rings. The molecule has 1 unspecified atom stereocenters. The summed E-state index contributed by atoms with van der Waals surface area (Å²) in [5.41, 5.74) is 0. The first-order valence-electron chi connectivity index (χ1n) is 30.0. The second-order valence-electron chi connectivity index (χ2n) is 20.6. The van der Waals surface area contributed by atoms with Gasteiger partial charge in [-0.15, -0.1) is 0 Å². The van der Waals surface area contributed by atoms with Crippen LogP contribution in [0.2, 0.25) is 0 Å². The fourth-order valence-corrected chi connectivity index (χ4v) is 9.33. The fraction of sp³-hybridized carbons (Fsp3) is 0.950. The van der Waals surface area contributed by atoms with Crippen LogP contribution in [0.1, 0.15) is 348 Å². The largest absolute Gasteiger partial charge is 0.462 e. The number of esters is 3. The zero-order valence-corrected chi connectivity index (χ0v) is 45.0. The fourth-order valence-electron chi connectivity index (χ4n) is 9.33. The van der Waals surface area contributed by atoms with Gasteiger partial charge in [-0.2, -0.15) is 0 Å². The highest BCUT2D eigenvalue weighted by atomic mass is 16.6. The summed E-state index contributed by atoms with van der Waals surface area (Å²) in [5, 5.41) is 0. The summed E-state index contributed by atoms with van der Waals surface area (Å²) in [6, 6.07) is 0. The third-order valence-electron chi connectivity index (χ3n) is 13.9. The van der Waals surface area contributed by atoms with E-state index in [2.05, 4.69) is 20.8 Å². The Labute approximate surface area is 412 Å². The van der Waals surface area contributed by atoms with Crippen molar-refractivity contribution < 1.29 is 28.6 Å². The Kier molecular flexibility index (Phi) is 54.7. The molecule has 0 fully saturated rings. The molecular formula is C60H116O6. The van der Waals surface area contributed by atoms with Gasteiger partial charge in [0.2, 0.25) is 0 Å². The molecule has 0 heterocycles. The van der Waals surface area contributed by atoms with Crippen molar-refractivity contribution in [2.75, 3.05) is 13.2 Å². The van der Waals surface area contributed by atoms with Crippen LogP contribution in [0.3, 0.4) is 0 Å². The standard InChI is InChI=1S/C60H116O6/c1-4-7-10-13-16-18-20-21-22-23-24-25-26-27-28-29-30-31-32-33-34-35-36-37-38-39-41-42-44-47-50-53-59(62)65-56-57(55-64-58(61)52-49-46-15-12-9-6-3)66-60(63)54-51-48-45-43-40-19-17-14-11-8-5-2/h57H,4-56H2,1-3H3. The molecule has 0 amide bonds. The van der Waals surface area contributed by atoms with Gasteiger partial charge in [0.25, 0.3) is 0 Å². The number of ether oxygens (including phenoxy) is 3. The van der Waals surface area contributed by atoms with Gasteiger partial charge in [-0.1, -0.05) is 310 Å². The minimum atomic E-state index is -0.758. The number of hydrogen-bond acceptors (Lipinski definition) is 6. The van der Waals surface area contributed by atoms with Crippen LogP contribution in [0.4, 0.5) is 0 Å². The summed E-state index contributed by atoms with van der Waals surface area (Å²) in [6.07, 6.45) is 63.1. The number of rotatable bonds is 56. The van der Waals surface area contributed by atoms with Crippen molar-refractivity contribution in [3.8, 4) is 0 Å². The van der Waals surface area contributed by atoms with Gasteiger partial charge in [-0.05, 0) is 19.3 Å². The van der Waals surface area contributed by atoms with Crippen molar-refractivity contribution >= 4 is 17.9 Å². The predicted molar refractivity (Wildman–Crippen MR) is 284 cm³/mol. The van der Waals surface area contributed by atoms with E-state index in [0.29, 0.717) is 19.3 Å². The zero-order valence-electron chi connectivity index (χ0n) is 45.0. The van der Waals surface area contributed by atoms with Crippen LogP contribution in [-0.2, 0) is 28.6 Å². The van der Waals surface area contributed by atoms with E-state index in [9.17, 15) is 14.4 Å². The van der Waals surface area contributed by atoms with E-state index in [1.807, 2.05) is 0 Å². The van der Waals surface area contributed by atoms with E-state index in [4.69, 9.17) is 14.2 Å². The molecule has 6 nitrogen and oxygen atoms in total. The Morgan fingerprint density at radius 2 is 0.409 bits per heavy atom. The lowest BCUT2D eigenvalue weighted by Crippen LogP contribution is -2.30. The highest BCUT2D eigenvalue weighted by Gasteiger charge is 2.19. The van der Waals surface area contributed by atoms with Crippen LogP contribution in [-0.4, -0.2) is 37.2 Å². The quantitative estimate of drug-likeness (QED) is 0.0343. The van der Waals surface area contributed by atoms with Gasteiger partial charge >= 0.3 is 17.9 Å². The van der Waals surface area contributed by atoms with Crippen molar-refractivity contribution in [2.24, 2.45) is 0 Å². The minimum absolute atomic E-state index is 0.0628. The molecule has 0 saturated carbocycles. The SMILES string of the molecule is CCCCCCCCCCCCCCCCCCCCCCCCCCCCCCCCCC(=O)OCC(COC(=O)CCCCCCCC)OC(=O)CCCCCCCCCCCCC. The molecule has 0 spiro atoms. The Bertz CT molecular complexity index is 982. The van der Waals surface area contributed by atoms with E-state index in [-0.39, 0.29) is 31.1 Å². The molecule has 66 heavy (non-hydrogen) atoms. The highest BCUT2D eigenvalue weighted by Crippen LogP contribution is 2.18. The average Bonchev–Trinajstić information content (AvgIpc) is 3.31. The van der Waals surface area contributed by atoms with Gasteiger partial charge in [0.1, 0.15) is 13.2 Å². The molecule has 0 aliphatic carbocycles. The molecule has 0 aromatic carbocycles. The van der Waals surface area contributed by atoms with Crippen LogP contribution in [0, 0.1) is 0 Å². The molecule has 0 aromatic rings. The van der Waals surface area contributed by atoms with Crippen molar-refractivity contribution in [2.45, 2.75) is 354 Å². The van der Waals surface area contributed by atoms with E-state index < -0.39 is 6.10 Å². The first-order chi connectivity index (χ1) is 32.5. The van der Waals surface area contributed by atoms with E-state index in [1.54, 1.807) is 0 Å². The summed E-state index contributed by atoms with van der Waals surface area (Å²) in [4.78, 5) is 37.7. The van der Waals surface area contributed by atoms with Gasteiger partial charge in [0.15, 0.2) is 6.10 Å². The summed E-state index contributed by atoms with van der Waals surface area (Å²) in [7, 11) is 0. The molecule has 0 radical (unpaired) electrons. The number of carbonyl (C=O) groups excluding carboxylic acids is 3. The van der Waals surface area contributed by atoms with Crippen LogP contribution in [0.5, 0.6) is 0 Å². The second kappa shape index (κ2) is 56.0. The molecular weight excluding hydrogens is 817 g/mol. The zero-order chi connectivity index (χ0) is 47.9. The lowest BCUT2D eigenvalue weighted by atomic mass is 10.0. The predicted octanol–water partition coefficient (Wildman–Crippen LogP) is 19.9. The van der Waals surface area contributed by atoms with E-state index in [1.165, 1.54) is 250 Å². The van der Waals surface area contributed by atoms with Gasteiger partial charge in [-0.25, -0.2) is 0 Å². The molecule has 1 atom stereocenters. The Balaban J connectivity index is 3.85. The molecule has 0 saturated heterocycles. The van der Waals surface area contributed by atoms with E-state index >= 15 is 0 Å². The van der Waals surface area contributed by atoms with Gasteiger partial charge in [0.05, 0.1) is 0 Å². The van der Waals surface area contributed by atoms with Crippen molar-refractivity contribution in [1.82, 2.24) is 0 Å². The second-order valence-corrected chi connectivity index (χ2v) is 20.6. The van der Waals surface area contributed by atoms with Crippen LogP contribution < -0.4 is 0 Å². The summed E-state index contributed by atoms with van der Waals surface area (Å²) in [5.74, 6) is -0.852. The van der Waals surface area contributed by atoms with Crippen molar-refractivity contribution in [3.05, 3.63) is 0 Å². The monoisotopic (exact) mass is 933 g/mol. The van der Waals surface area contributed by atoms with Gasteiger partial charge in [0, 0.05) is 19.3 Å². The summed E-state index contributed by atoms with van der Waals surface area (Å²) in [6.45, 7) is 6.63. The van der Waals surface area contributed by atoms with Crippen molar-refractivity contribution in [3.63, 3.8) is 0 Å². The molecule has 0 rings (SSSR count). The lowest BCUT2D eigenvalue weighted by Gasteiger charge is -2.18. The van der Waals surface area contributed by atoms with Gasteiger partial charge in [-0.3, -0.25) is 14.4 Å². The van der Waals surface area contributed by atoms with Crippen LogP contribution in [0.15, 0.2) is 0 Å².